The number of pyridine rings is 1. The Morgan fingerprint density at radius 3 is 2.83 bits per heavy atom. The summed E-state index contributed by atoms with van der Waals surface area (Å²) in [5.41, 5.74) is 3.46. The first-order valence-electron chi connectivity index (χ1n) is 9.48. The summed E-state index contributed by atoms with van der Waals surface area (Å²) >= 11 is 1.48. The zero-order valence-electron chi connectivity index (χ0n) is 16.0. The van der Waals surface area contributed by atoms with Gasteiger partial charge in [-0.15, -0.1) is 6.07 Å². The Bertz CT molecular complexity index is 1270. The zero-order chi connectivity index (χ0) is 20.3. The highest BCUT2D eigenvalue weighted by molar-refractivity contribution is 7.13. The van der Waals surface area contributed by atoms with E-state index in [1.807, 2.05) is 78.3 Å². The number of aliphatic hydroxyl groups is 1. The van der Waals surface area contributed by atoms with Gasteiger partial charge < -0.3 is 19.4 Å². The number of aromatic nitrogens is 3. The minimum absolute atomic E-state index is 0.0920. The number of rotatable bonds is 6. The molecule has 1 N–H and O–H groups in total. The molecule has 0 atom stereocenters. The minimum Gasteiger partial charge on any atom is -0.489 e. The van der Waals surface area contributed by atoms with Crippen molar-refractivity contribution in [2.75, 3.05) is 0 Å². The third-order valence-electron chi connectivity index (χ3n) is 4.78. The van der Waals surface area contributed by atoms with Crippen LogP contribution in [0.1, 0.15) is 11.3 Å². The van der Waals surface area contributed by atoms with Crippen molar-refractivity contribution in [2.45, 2.75) is 6.61 Å². The summed E-state index contributed by atoms with van der Waals surface area (Å²) in [5, 5.41) is 14.5. The summed E-state index contributed by atoms with van der Waals surface area (Å²) in [7, 11) is 0. The van der Waals surface area contributed by atoms with Gasteiger partial charge in [-0.25, -0.2) is 0 Å². The molecule has 3 heterocycles. The molecule has 0 unspecified atom stereocenters. The van der Waals surface area contributed by atoms with E-state index in [-0.39, 0.29) is 6.23 Å². The van der Waals surface area contributed by atoms with Crippen LogP contribution >= 0.6 is 11.3 Å². The van der Waals surface area contributed by atoms with Gasteiger partial charge in [0.2, 0.25) is 5.01 Å². The Morgan fingerprint density at radius 1 is 1.10 bits per heavy atom. The minimum atomic E-state index is 0.0920. The van der Waals surface area contributed by atoms with Crippen molar-refractivity contribution in [3.63, 3.8) is 0 Å². The van der Waals surface area contributed by atoms with Crippen LogP contribution in [0, 0.1) is 6.23 Å². The Kier molecular flexibility index (Phi) is 4.93. The number of ether oxygens (including phenoxy) is 1. The van der Waals surface area contributed by atoms with E-state index in [9.17, 15) is 5.11 Å². The third-order valence-corrected chi connectivity index (χ3v) is 5.67. The first-order chi connectivity index (χ1) is 14.8. The van der Waals surface area contributed by atoms with Crippen LogP contribution < -0.4 is 9.30 Å². The molecule has 0 aliphatic carbocycles. The van der Waals surface area contributed by atoms with Gasteiger partial charge in [-0.1, -0.05) is 48.5 Å². The van der Waals surface area contributed by atoms with Gasteiger partial charge in [0.1, 0.15) is 24.0 Å². The Hall–Kier alpha value is -3.61. The Labute approximate surface area is 177 Å². The van der Waals surface area contributed by atoms with Crippen LogP contribution in [0.2, 0.25) is 0 Å². The van der Waals surface area contributed by atoms with Crippen LogP contribution in [-0.2, 0) is 6.61 Å². The molecule has 0 aliphatic heterocycles. The van der Waals surface area contributed by atoms with E-state index < -0.39 is 0 Å². The molecule has 30 heavy (non-hydrogen) atoms. The molecule has 148 valence electrons. The molecule has 5 aromatic rings. The largest absolute Gasteiger partial charge is 0.489 e. The number of thiazole rings is 1. The molecule has 5 rings (SSSR count). The van der Waals surface area contributed by atoms with E-state index in [1.165, 1.54) is 11.3 Å². The topological polar surface area (TPSA) is 59.1 Å². The van der Waals surface area contributed by atoms with E-state index >= 15 is 0 Å². The molecule has 3 aromatic heterocycles. The second-order valence-electron chi connectivity index (χ2n) is 6.78. The maximum Gasteiger partial charge on any atom is 0.249 e. The molecule has 0 bridgehead atoms. The normalized spacial score (nSPS) is 11.0. The average Bonchev–Trinajstić information content (AvgIpc) is 3.46. The molecule has 2 aromatic carbocycles. The first-order valence-corrected chi connectivity index (χ1v) is 10.4. The maximum atomic E-state index is 10.8. The smallest absolute Gasteiger partial charge is 0.249 e. The van der Waals surface area contributed by atoms with Gasteiger partial charge in [-0.05, 0) is 34.8 Å². The fourth-order valence-electron chi connectivity index (χ4n) is 3.26. The van der Waals surface area contributed by atoms with Crippen LogP contribution in [0.3, 0.4) is 0 Å². The number of benzene rings is 2. The molecular formula is C24H18N3O2S-. The monoisotopic (exact) mass is 412 g/mol. The zero-order valence-corrected chi connectivity index (χ0v) is 16.8. The molecule has 0 amide bonds. The summed E-state index contributed by atoms with van der Waals surface area (Å²) in [5.74, 6) is 0.788. The summed E-state index contributed by atoms with van der Waals surface area (Å²) < 4.78 is 7.65. The predicted octanol–water partition coefficient (Wildman–Crippen LogP) is 4.70. The first kappa shape index (κ1) is 18.4. The summed E-state index contributed by atoms with van der Waals surface area (Å²) in [6.07, 6.45) is 5.42. The van der Waals surface area contributed by atoms with Crippen LogP contribution in [0.15, 0.2) is 90.7 Å². The molecule has 0 radical (unpaired) electrons. The Morgan fingerprint density at radius 2 is 2.00 bits per heavy atom. The molecule has 0 spiro atoms. The van der Waals surface area contributed by atoms with Crippen LogP contribution in [0.4, 0.5) is 0 Å². The van der Waals surface area contributed by atoms with Gasteiger partial charge in [0.05, 0.1) is 5.52 Å². The average molecular weight is 412 g/mol. The lowest BCUT2D eigenvalue weighted by Gasteiger charge is -2.16. The van der Waals surface area contributed by atoms with Crippen molar-refractivity contribution >= 4 is 22.2 Å². The van der Waals surface area contributed by atoms with Crippen molar-refractivity contribution in [1.82, 2.24) is 9.97 Å². The molecular weight excluding hydrogens is 394 g/mol. The van der Waals surface area contributed by atoms with Crippen molar-refractivity contribution in [3.05, 3.63) is 108 Å². The molecule has 0 saturated carbocycles. The van der Waals surface area contributed by atoms with Crippen LogP contribution in [-0.4, -0.2) is 15.1 Å². The summed E-state index contributed by atoms with van der Waals surface area (Å²) in [6.45, 7) is 0.514. The highest BCUT2D eigenvalue weighted by Gasteiger charge is 2.16. The maximum absolute atomic E-state index is 10.8. The van der Waals surface area contributed by atoms with Gasteiger partial charge in [0.15, 0.2) is 11.3 Å². The number of hydrogen-bond acceptors (Lipinski definition) is 4. The number of fused-ring (bicyclic) bond motifs is 1. The van der Waals surface area contributed by atoms with Gasteiger partial charge in [-0.3, -0.25) is 4.98 Å². The van der Waals surface area contributed by atoms with Crippen molar-refractivity contribution in [1.29, 1.82) is 0 Å². The van der Waals surface area contributed by atoms with Gasteiger partial charge in [0.25, 0.3) is 0 Å². The lowest BCUT2D eigenvalue weighted by atomic mass is 10.2. The molecule has 0 aliphatic rings. The Balaban J connectivity index is 1.36. The van der Waals surface area contributed by atoms with E-state index in [0.717, 1.165) is 32.8 Å². The number of aliphatic hydroxyl groups excluding tert-OH is 1. The predicted molar refractivity (Wildman–Crippen MR) is 116 cm³/mol. The standard InChI is InChI=1S/C24H18N3O2S/c28-24(21-16-30-23(26-21)19-7-4-11-25-14-19)27-12-10-18-13-20(8-9-22(18)27)29-15-17-5-2-1-3-6-17/h1-14,16,28H,15H2/q-1. The molecule has 0 fully saturated rings. The number of hydrogen-bond donors (Lipinski definition) is 1. The van der Waals surface area contributed by atoms with Gasteiger partial charge in [-0.2, -0.15) is 0 Å². The van der Waals surface area contributed by atoms with E-state index in [4.69, 9.17) is 4.74 Å². The quantitative estimate of drug-likeness (QED) is 0.249. The summed E-state index contributed by atoms with van der Waals surface area (Å²) in [6, 6.07) is 21.7. The SMILES string of the molecule is O[C-](c1c[s+][c-](-c2cccnc2)n1)[n+]1ccc2cc(OCc3ccccc3)cc[c-]21. The van der Waals surface area contributed by atoms with Crippen LogP contribution in [0.5, 0.6) is 5.75 Å². The van der Waals surface area contributed by atoms with E-state index in [2.05, 4.69) is 9.97 Å². The fourth-order valence-corrected chi connectivity index (χ4v) is 4.05. The highest BCUT2D eigenvalue weighted by Crippen LogP contribution is 2.26. The summed E-state index contributed by atoms with van der Waals surface area (Å²) in [4.78, 5) is 8.70. The highest BCUT2D eigenvalue weighted by atomic mass is 32.1. The van der Waals surface area contributed by atoms with Crippen molar-refractivity contribution < 1.29 is 14.4 Å². The van der Waals surface area contributed by atoms with Crippen molar-refractivity contribution in [3.8, 4) is 16.3 Å². The van der Waals surface area contributed by atoms with Gasteiger partial charge >= 0.3 is 0 Å². The molecule has 5 nitrogen and oxygen atoms in total. The lowest BCUT2D eigenvalue weighted by Crippen LogP contribution is -2.39. The van der Waals surface area contributed by atoms with Gasteiger partial charge in [0, 0.05) is 18.1 Å². The third kappa shape index (κ3) is 3.66. The fraction of sp³-hybridized carbons (Fsp3) is 0.0417. The van der Waals surface area contributed by atoms with E-state index in [1.54, 1.807) is 17.0 Å². The number of nitrogens with zero attached hydrogens (tertiary/aromatic N) is 3. The molecule has 0 saturated heterocycles. The van der Waals surface area contributed by atoms with E-state index in [0.29, 0.717) is 12.3 Å². The van der Waals surface area contributed by atoms with Crippen molar-refractivity contribution in [2.24, 2.45) is 0 Å². The second kappa shape index (κ2) is 8.02. The lowest BCUT2D eigenvalue weighted by molar-refractivity contribution is -0.652. The second-order valence-corrected chi connectivity index (χ2v) is 7.64. The van der Waals surface area contributed by atoms with Crippen LogP contribution in [0.25, 0.3) is 21.5 Å². The molecule has 6 heteroatoms.